The summed E-state index contributed by atoms with van der Waals surface area (Å²) in [6.45, 7) is 1.26. The van der Waals surface area contributed by atoms with Crippen molar-refractivity contribution in [1.29, 1.82) is 0 Å². The molecule has 0 radical (unpaired) electrons. The fraction of sp³-hybridized carbons (Fsp3) is 0.105. The second-order valence-corrected chi connectivity index (χ2v) is 6.41. The van der Waals surface area contributed by atoms with Crippen LogP contribution in [0.1, 0.15) is 11.1 Å². The first-order valence-electron chi connectivity index (χ1n) is 8.80. The standard InChI is InChI=1S/C19H14N4O9/c1-10-4-18(25)32-16-7-13(2-3-14(10)16)31-9-17(24)21-20-8-11-5-12(22(27)28)6-15(19(11)26)23(29)30/h2-8,26H,9H2,1H3,(H,21,24)/b20-8+. The number of carbonyl (C=O) groups is 1. The number of hydrogen-bond donors (Lipinski definition) is 2. The van der Waals surface area contributed by atoms with Crippen molar-refractivity contribution < 1.29 is 28.9 Å². The maximum Gasteiger partial charge on any atom is 0.336 e. The first-order chi connectivity index (χ1) is 15.2. The van der Waals surface area contributed by atoms with E-state index in [1.54, 1.807) is 19.1 Å². The Labute approximate surface area is 177 Å². The van der Waals surface area contributed by atoms with E-state index in [1.165, 1.54) is 12.1 Å². The molecule has 0 aliphatic heterocycles. The van der Waals surface area contributed by atoms with Crippen molar-refractivity contribution in [1.82, 2.24) is 5.43 Å². The van der Waals surface area contributed by atoms with Crippen LogP contribution in [0.4, 0.5) is 11.4 Å². The number of carbonyl (C=O) groups excluding carboxylic acids is 1. The third-order valence-electron chi connectivity index (χ3n) is 4.20. The van der Waals surface area contributed by atoms with E-state index in [4.69, 9.17) is 9.15 Å². The quantitative estimate of drug-likeness (QED) is 0.239. The van der Waals surface area contributed by atoms with Crippen LogP contribution < -0.4 is 15.8 Å². The predicted octanol–water partition coefficient (Wildman–Crippen LogP) is 2.15. The molecular weight excluding hydrogens is 428 g/mol. The number of aromatic hydroxyl groups is 1. The highest BCUT2D eigenvalue weighted by Crippen LogP contribution is 2.33. The largest absolute Gasteiger partial charge is 0.502 e. The third kappa shape index (κ3) is 4.84. The highest BCUT2D eigenvalue weighted by molar-refractivity contribution is 5.88. The molecule has 0 atom stereocenters. The van der Waals surface area contributed by atoms with Gasteiger partial charge in [-0.25, -0.2) is 10.2 Å². The van der Waals surface area contributed by atoms with Gasteiger partial charge in [0.05, 0.1) is 27.7 Å². The second kappa shape index (κ2) is 8.91. The zero-order valence-corrected chi connectivity index (χ0v) is 16.3. The Morgan fingerprint density at radius 1 is 1.22 bits per heavy atom. The number of aryl methyl sites for hydroxylation is 1. The van der Waals surface area contributed by atoms with Crippen molar-refractivity contribution in [3.63, 3.8) is 0 Å². The van der Waals surface area contributed by atoms with E-state index >= 15 is 0 Å². The lowest BCUT2D eigenvalue weighted by Crippen LogP contribution is -2.24. The normalized spacial score (nSPS) is 10.9. The summed E-state index contributed by atoms with van der Waals surface area (Å²) in [7, 11) is 0. The summed E-state index contributed by atoms with van der Waals surface area (Å²) in [6.07, 6.45) is 0.820. The van der Waals surface area contributed by atoms with Gasteiger partial charge in [0.25, 0.3) is 11.6 Å². The van der Waals surface area contributed by atoms with Crippen molar-refractivity contribution >= 4 is 34.5 Å². The van der Waals surface area contributed by atoms with E-state index in [9.17, 15) is 34.9 Å². The van der Waals surface area contributed by atoms with Crippen LogP contribution in [0, 0.1) is 27.2 Å². The number of amides is 1. The zero-order valence-electron chi connectivity index (χ0n) is 16.3. The lowest BCUT2D eigenvalue weighted by atomic mass is 10.1. The summed E-state index contributed by atoms with van der Waals surface area (Å²) >= 11 is 0. The van der Waals surface area contributed by atoms with Crippen LogP contribution in [-0.4, -0.2) is 33.7 Å². The van der Waals surface area contributed by atoms with Crippen molar-refractivity contribution in [3.8, 4) is 11.5 Å². The fourth-order valence-corrected chi connectivity index (χ4v) is 2.72. The Morgan fingerprint density at radius 2 is 1.97 bits per heavy atom. The Balaban J connectivity index is 1.67. The van der Waals surface area contributed by atoms with Crippen LogP contribution in [0.2, 0.25) is 0 Å². The Kier molecular flexibility index (Phi) is 6.09. The number of nitro groups is 2. The number of hydrazone groups is 1. The fourth-order valence-electron chi connectivity index (χ4n) is 2.72. The van der Waals surface area contributed by atoms with Gasteiger partial charge in [0.2, 0.25) is 5.75 Å². The molecule has 0 aliphatic rings. The van der Waals surface area contributed by atoms with Crippen LogP contribution in [0.5, 0.6) is 11.5 Å². The molecule has 0 aliphatic carbocycles. The molecule has 3 aromatic rings. The first kappa shape index (κ1) is 21.9. The average molecular weight is 442 g/mol. The minimum absolute atomic E-state index is 0.248. The lowest BCUT2D eigenvalue weighted by Gasteiger charge is -2.07. The van der Waals surface area contributed by atoms with Crippen LogP contribution in [0.3, 0.4) is 0 Å². The number of fused-ring (bicyclic) bond motifs is 1. The molecule has 0 bridgehead atoms. The molecule has 0 spiro atoms. The molecule has 2 N–H and O–H groups in total. The number of hydrogen-bond acceptors (Lipinski definition) is 10. The molecular formula is C19H14N4O9. The smallest absolute Gasteiger partial charge is 0.336 e. The highest BCUT2D eigenvalue weighted by Gasteiger charge is 2.23. The second-order valence-electron chi connectivity index (χ2n) is 6.41. The molecule has 2 aromatic carbocycles. The maximum absolute atomic E-state index is 11.9. The SMILES string of the molecule is Cc1cc(=O)oc2cc(OCC(=O)N/N=C/c3cc([N+](=O)[O-])cc([N+](=O)[O-])c3O)ccc12. The summed E-state index contributed by atoms with van der Waals surface area (Å²) in [4.78, 5) is 43.4. The maximum atomic E-state index is 11.9. The molecule has 1 aromatic heterocycles. The van der Waals surface area contributed by atoms with Gasteiger partial charge in [0.15, 0.2) is 6.61 Å². The zero-order chi connectivity index (χ0) is 23.4. The van der Waals surface area contributed by atoms with Crippen LogP contribution >= 0.6 is 0 Å². The van der Waals surface area contributed by atoms with E-state index in [0.717, 1.165) is 17.8 Å². The molecule has 0 fully saturated rings. The number of phenolic OH excluding ortho intramolecular Hbond substituents is 1. The van der Waals surface area contributed by atoms with Gasteiger partial charge in [0, 0.05) is 23.6 Å². The predicted molar refractivity (Wildman–Crippen MR) is 110 cm³/mol. The molecule has 164 valence electrons. The number of benzene rings is 2. The number of nitrogens with zero attached hydrogens (tertiary/aromatic N) is 3. The summed E-state index contributed by atoms with van der Waals surface area (Å²) in [5.74, 6) is -1.33. The molecule has 3 rings (SSSR count). The van der Waals surface area contributed by atoms with Crippen LogP contribution in [0.15, 0.2) is 50.7 Å². The Hall–Kier alpha value is -4.81. The monoisotopic (exact) mass is 442 g/mol. The molecule has 0 saturated carbocycles. The van der Waals surface area contributed by atoms with E-state index in [2.05, 4.69) is 10.5 Å². The molecule has 32 heavy (non-hydrogen) atoms. The average Bonchev–Trinajstić information content (AvgIpc) is 2.72. The third-order valence-corrected chi connectivity index (χ3v) is 4.20. The van der Waals surface area contributed by atoms with Gasteiger partial charge in [-0.05, 0) is 24.6 Å². The van der Waals surface area contributed by atoms with E-state index in [-0.39, 0.29) is 16.9 Å². The number of nitro benzene ring substituents is 2. The van der Waals surface area contributed by atoms with E-state index < -0.39 is 45.1 Å². The van der Waals surface area contributed by atoms with Gasteiger partial charge < -0.3 is 14.3 Å². The summed E-state index contributed by atoms with van der Waals surface area (Å²) < 4.78 is 10.4. The summed E-state index contributed by atoms with van der Waals surface area (Å²) in [6, 6.07) is 7.50. The van der Waals surface area contributed by atoms with Gasteiger partial charge in [-0.1, -0.05) is 0 Å². The number of non-ortho nitro benzene ring substituents is 1. The Morgan fingerprint density at radius 3 is 2.66 bits per heavy atom. The molecule has 1 heterocycles. The minimum atomic E-state index is -0.987. The minimum Gasteiger partial charge on any atom is -0.502 e. The van der Waals surface area contributed by atoms with Gasteiger partial charge >= 0.3 is 11.3 Å². The van der Waals surface area contributed by atoms with Crippen molar-refractivity contribution in [2.24, 2.45) is 5.10 Å². The number of phenols is 1. The Bertz CT molecular complexity index is 1330. The molecule has 13 heteroatoms. The molecule has 0 unspecified atom stereocenters. The van der Waals surface area contributed by atoms with Crippen molar-refractivity contribution in [3.05, 3.63) is 78.2 Å². The lowest BCUT2D eigenvalue weighted by molar-refractivity contribution is -0.394. The van der Waals surface area contributed by atoms with E-state index in [0.29, 0.717) is 11.5 Å². The molecule has 13 nitrogen and oxygen atoms in total. The number of nitrogens with one attached hydrogen (secondary N) is 1. The van der Waals surface area contributed by atoms with Gasteiger partial charge in [-0.3, -0.25) is 25.0 Å². The van der Waals surface area contributed by atoms with Gasteiger partial charge in [0.1, 0.15) is 11.3 Å². The molecule has 1 amide bonds. The van der Waals surface area contributed by atoms with Crippen molar-refractivity contribution in [2.45, 2.75) is 6.92 Å². The van der Waals surface area contributed by atoms with Crippen LogP contribution in [0.25, 0.3) is 11.0 Å². The number of ether oxygens (including phenoxy) is 1. The summed E-state index contributed by atoms with van der Waals surface area (Å²) in [5.41, 5.74) is 0.689. The van der Waals surface area contributed by atoms with Crippen LogP contribution in [-0.2, 0) is 4.79 Å². The van der Waals surface area contributed by atoms with Crippen molar-refractivity contribution in [2.75, 3.05) is 6.61 Å². The van der Waals surface area contributed by atoms with E-state index in [1.807, 2.05) is 0 Å². The topological polar surface area (TPSA) is 187 Å². The summed E-state index contributed by atoms with van der Waals surface area (Å²) in [5, 5.41) is 36.0. The number of rotatable bonds is 7. The van der Waals surface area contributed by atoms with Gasteiger partial charge in [-0.2, -0.15) is 5.10 Å². The molecule has 0 saturated heterocycles. The van der Waals surface area contributed by atoms with Gasteiger partial charge in [-0.15, -0.1) is 0 Å². The first-order valence-corrected chi connectivity index (χ1v) is 8.80. The highest BCUT2D eigenvalue weighted by atomic mass is 16.6.